The van der Waals surface area contributed by atoms with Crippen LogP contribution in [0.2, 0.25) is 0 Å². The number of nitrogens with zero attached hydrogens (tertiary/aromatic N) is 2. The second-order valence-corrected chi connectivity index (χ2v) is 6.22. The molecule has 2 aliphatic heterocycles. The SMILES string of the molecule is OCc1cccc(F)c1N1CCC(N2CCCCC2)CC1. The summed E-state index contributed by atoms with van der Waals surface area (Å²) in [5.74, 6) is -0.210. The van der Waals surface area contributed by atoms with E-state index in [1.807, 2.05) is 6.07 Å². The van der Waals surface area contributed by atoms with Crippen LogP contribution in [0.25, 0.3) is 0 Å². The van der Waals surface area contributed by atoms with Gasteiger partial charge in [0.25, 0.3) is 0 Å². The lowest BCUT2D eigenvalue weighted by Gasteiger charge is -2.41. The van der Waals surface area contributed by atoms with Gasteiger partial charge < -0.3 is 14.9 Å². The maximum Gasteiger partial charge on any atom is 0.146 e. The van der Waals surface area contributed by atoms with Crippen LogP contribution in [-0.4, -0.2) is 42.2 Å². The third kappa shape index (κ3) is 3.22. The van der Waals surface area contributed by atoms with Crippen molar-refractivity contribution in [3.05, 3.63) is 29.6 Å². The number of hydrogen-bond acceptors (Lipinski definition) is 3. The second kappa shape index (κ2) is 6.75. The van der Waals surface area contributed by atoms with Crippen LogP contribution in [0.15, 0.2) is 18.2 Å². The van der Waals surface area contributed by atoms with Gasteiger partial charge in [-0.1, -0.05) is 18.6 Å². The molecule has 0 atom stereocenters. The zero-order valence-corrected chi connectivity index (χ0v) is 12.6. The number of hydrogen-bond donors (Lipinski definition) is 1. The van der Waals surface area contributed by atoms with E-state index >= 15 is 0 Å². The Hall–Kier alpha value is -1.13. The van der Waals surface area contributed by atoms with Crippen molar-refractivity contribution in [1.29, 1.82) is 0 Å². The molecule has 3 nitrogen and oxygen atoms in total. The number of piperidine rings is 2. The third-order valence-corrected chi connectivity index (χ3v) is 4.93. The minimum atomic E-state index is -0.210. The molecular formula is C17H25FN2O. The van der Waals surface area contributed by atoms with Gasteiger partial charge >= 0.3 is 0 Å². The van der Waals surface area contributed by atoms with Crippen molar-refractivity contribution >= 4 is 5.69 Å². The molecule has 0 radical (unpaired) electrons. The van der Waals surface area contributed by atoms with E-state index < -0.39 is 0 Å². The largest absolute Gasteiger partial charge is 0.392 e. The highest BCUT2D eigenvalue weighted by atomic mass is 19.1. The molecule has 1 N–H and O–H groups in total. The van der Waals surface area contributed by atoms with Gasteiger partial charge in [-0.2, -0.15) is 0 Å². The van der Waals surface area contributed by atoms with Crippen molar-refractivity contribution in [3.63, 3.8) is 0 Å². The average molecular weight is 292 g/mol. The molecule has 0 aromatic heterocycles. The molecule has 0 unspecified atom stereocenters. The Morgan fingerprint density at radius 1 is 1.05 bits per heavy atom. The van der Waals surface area contributed by atoms with Crippen molar-refractivity contribution in [1.82, 2.24) is 4.90 Å². The number of halogens is 1. The Balaban J connectivity index is 1.65. The molecule has 3 rings (SSSR count). The van der Waals surface area contributed by atoms with E-state index in [2.05, 4.69) is 9.80 Å². The van der Waals surface area contributed by atoms with Crippen molar-refractivity contribution < 1.29 is 9.50 Å². The van der Waals surface area contributed by atoms with Gasteiger partial charge in [0.15, 0.2) is 0 Å². The Morgan fingerprint density at radius 3 is 2.43 bits per heavy atom. The highest BCUT2D eigenvalue weighted by Gasteiger charge is 2.27. The number of benzene rings is 1. The Labute approximate surface area is 126 Å². The van der Waals surface area contributed by atoms with E-state index in [1.54, 1.807) is 6.07 Å². The van der Waals surface area contributed by atoms with E-state index in [9.17, 15) is 9.50 Å². The first kappa shape index (κ1) is 14.8. The number of anilines is 1. The predicted molar refractivity (Wildman–Crippen MR) is 83.0 cm³/mol. The fourth-order valence-electron chi connectivity index (χ4n) is 3.78. The van der Waals surface area contributed by atoms with Crippen LogP contribution < -0.4 is 4.90 Å². The first-order valence-corrected chi connectivity index (χ1v) is 8.17. The van der Waals surface area contributed by atoms with Crippen LogP contribution in [0, 0.1) is 5.82 Å². The number of aliphatic hydroxyl groups is 1. The van der Waals surface area contributed by atoms with Crippen molar-refractivity contribution in [2.24, 2.45) is 0 Å². The topological polar surface area (TPSA) is 26.7 Å². The fraction of sp³-hybridized carbons (Fsp3) is 0.647. The molecule has 1 aromatic carbocycles. The maximum atomic E-state index is 14.1. The molecular weight excluding hydrogens is 267 g/mol. The van der Waals surface area contributed by atoms with Gasteiger partial charge in [-0.15, -0.1) is 0 Å². The lowest BCUT2D eigenvalue weighted by molar-refractivity contribution is 0.141. The normalized spacial score (nSPS) is 21.7. The minimum absolute atomic E-state index is 0.0981. The van der Waals surface area contributed by atoms with Crippen molar-refractivity contribution in [3.8, 4) is 0 Å². The molecule has 0 amide bonds. The summed E-state index contributed by atoms with van der Waals surface area (Å²) in [5.41, 5.74) is 1.31. The molecule has 1 aromatic rings. The molecule has 0 bridgehead atoms. The second-order valence-electron chi connectivity index (χ2n) is 6.22. The first-order chi connectivity index (χ1) is 10.3. The third-order valence-electron chi connectivity index (χ3n) is 4.93. The molecule has 0 spiro atoms. The summed E-state index contributed by atoms with van der Waals surface area (Å²) in [7, 11) is 0. The van der Waals surface area contributed by atoms with E-state index in [4.69, 9.17) is 0 Å². The summed E-state index contributed by atoms with van der Waals surface area (Å²) < 4.78 is 14.1. The molecule has 0 aliphatic carbocycles. The highest BCUT2D eigenvalue weighted by molar-refractivity contribution is 5.55. The van der Waals surface area contributed by atoms with E-state index in [-0.39, 0.29) is 12.4 Å². The fourth-order valence-corrected chi connectivity index (χ4v) is 3.78. The average Bonchev–Trinajstić information content (AvgIpc) is 2.55. The van der Waals surface area contributed by atoms with Gasteiger partial charge in [0, 0.05) is 24.7 Å². The number of para-hydroxylation sites is 1. The lowest BCUT2D eigenvalue weighted by Crippen LogP contribution is -2.47. The summed E-state index contributed by atoms with van der Waals surface area (Å²) in [6.45, 7) is 4.13. The van der Waals surface area contributed by atoms with Crippen LogP contribution in [-0.2, 0) is 6.61 Å². The van der Waals surface area contributed by atoms with E-state index in [1.165, 1.54) is 38.4 Å². The Bertz CT molecular complexity index is 466. The minimum Gasteiger partial charge on any atom is -0.392 e. The molecule has 0 saturated carbocycles. The molecule has 21 heavy (non-hydrogen) atoms. The van der Waals surface area contributed by atoms with E-state index in [0.29, 0.717) is 17.3 Å². The summed E-state index contributed by atoms with van der Waals surface area (Å²) in [6, 6.07) is 5.64. The smallest absolute Gasteiger partial charge is 0.146 e. The maximum absolute atomic E-state index is 14.1. The Morgan fingerprint density at radius 2 is 1.76 bits per heavy atom. The van der Waals surface area contributed by atoms with Gasteiger partial charge in [-0.05, 0) is 44.8 Å². The standard InChI is InChI=1S/C17H25FN2O/c18-16-6-4-5-14(13-21)17(16)20-11-7-15(8-12-20)19-9-2-1-3-10-19/h4-6,15,21H,1-3,7-13H2. The number of likely N-dealkylation sites (tertiary alicyclic amines) is 1. The molecule has 2 fully saturated rings. The number of aliphatic hydroxyl groups excluding tert-OH is 1. The lowest BCUT2D eigenvalue weighted by atomic mass is 9.99. The summed E-state index contributed by atoms with van der Waals surface area (Å²) in [5, 5.41) is 9.43. The van der Waals surface area contributed by atoms with Crippen LogP contribution in [0.5, 0.6) is 0 Å². The summed E-state index contributed by atoms with van der Waals surface area (Å²) in [4.78, 5) is 4.73. The molecule has 2 saturated heterocycles. The summed E-state index contributed by atoms with van der Waals surface area (Å²) >= 11 is 0. The van der Waals surface area contributed by atoms with Gasteiger partial charge in [-0.25, -0.2) is 4.39 Å². The molecule has 116 valence electrons. The van der Waals surface area contributed by atoms with Crippen LogP contribution >= 0.6 is 0 Å². The number of rotatable bonds is 3. The first-order valence-electron chi connectivity index (χ1n) is 8.17. The summed E-state index contributed by atoms with van der Waals surface area (Å²) in [6.07, 6.45) is 6.20. The van der Waals surface area contributed by atoms with Crippen molar-refractivity contribution in [2.75, 3.05) is 31.1 Å². The molecule has 2 heterocycles. The highest BCUT2D eigenvalue weighted by Crippen LogP contribution is 2.29. The molecule has 4 heteroatoms. The monoisotopic (exact) mass is 292 g/mol. The van der Waals surface area contributed by atoms with Gasteiger partial charge in [0.05, 0.1) is 12.3 Å². The van der Waals surface area contributed by atoms with Crippen molar-refractivity contribution in [2.45, 2.75) is 44.8 Å². The van der Waals surface area contributed by atoms with Gasteiger partial charge in [0.2, 0.25) is 0 Å². The van der Waals surface area contributed by atoms with Gasteiger partial charge in [0.1, 0.15) is 5.82 Å². The zero-order chi connectivity index (χ0) is 14.7. The predicted octanol–water partition coefficient (Wildman–Crippen LogP) is 2.77. The molecule has 2 aliphatic rings. The van der Waals surface area contributed by atoms with Crippen LogP contribution in [0.3, 0.4) is 0 Å². The van der Waals surface area contributed by atoms with Crippen LogP contribution in [0.1, 0.15) is 37.7 Å². The zero-order valence-electron chi connectivity index (χ0n) is 12.6. The Kier molecular flexibility index (Phi) is 4.76. The van der Waals surface area contributed by atoms with Gasteiger partial charge in [-0.3, -0.25) is 0 Å². The quantitative estimate of drug-likeness (QED) is 0.928. The van der Waals surface area contributed by atoms with E-state index in [0.717, 1.165) is 25.9 Å². The van der Waals surface area contributed by atoms with Crippen LogP contribution in [0.4, 0.5) is 10.1 Å².